The third-order valence-corrected chi connectivity index (χ3v) is 6.04. The number of nitro groups is 1. The van der Waals surface area contributed by atoms with Crippen molar-refractivity contribution in [2.75, 3.05) is 11.9 Å². The number of carbonyl (C=O) groups excluding carboxylic acids is 2. The summed E-state index contributed by atoms with van der Waals surface area (Å²) in [6.45, 7) is 3.77. The van der Waals surface area contributed by atoms with Crippen LogP contribution in [-0.4, -0.2) is 29.6 Å². The number of nitro benzene ring substituents is 1. The van der Waals surface area contributed by atoms with Crippen LogP contribution < -0.4 is 15.5 Å². The van der Waals surface area contributed by atoms with Crippen molar-refractivity contribution in [1.82, 2.24) is 5.43 Å². The first-order valence-corrected chi connectivity index (χ1v) is 11.8. The molecule has 3 aromatic rings. The summed E-state index contributed by atoms with van der Waals surface area (Å²) in [6.07, 6.45) is 1.40. The minimum Gasteiger partial charge on any atom is -0.481 e. The van der Waals surface area contributed by atoms with Crippen molar-refractivity contribution in [2.45, 2.75) is 13.8 Å². The van der Waals surface area contributed by atoms with E-state index in [2.05, 4.69) is 47.7 Å². The van der Waals surface area contributed by atoms with E-state index in [4.69, 9.17) is 4.74 Å². The van der Waals surface area contributed by atoms with Crippen LogP contribution in [-0.2, 0) is 4.79 Å². The van der Waals surface area contributed by atoms with Gasteiger partial charge in [0.05, 0.1) is 20.1 Å². The van der Waals surface area contributed by atoms with E-state index in [9.17, 15) is 19.7 Å². The summed E-state index contributed by atoms with van der Waals surface area (Å²) < 4.78 is 6.80. The van der Waals surface area contributed by atoms with E-state index < -0.39 is 10.8 Å². The molecule has 3 aromatic carbocycles. The van der Waals surface area contributed by atoms with Gasteiger partial charge in [0.1, 0.15) is 5.75 Å². The molecule has 0 unspecified atom stereocenters. The lowest BCUT2D eigenvalue weighted by atomic mass is 10.1. The van der Waals surface area contributed by atoms with Crippen LogP contribution in [0.15, 0.2) is 68.6 Å². The maximum absolute atomic E-state index is 12.3. The number of carbonyl (C=O) groups is 2. The summed E-state index contributed by atoms with van der Waals surface area (Å²) in [5.74, 6) is -0.461. The average Bonchev–Trinajstić information content (AvgIpc) is 2.81. The Kier molecular flexibility index (Phi) is 8.72. The molecule has 0 bridgehead atoms. The Bertz CT molecular complexity index is 1300. The maximum atomic E-state index is 12.3. The van der Waals surface area contributed by atoms with Gasteiger partial charge in [0.2, 0.25) is 0 Å². The van der Waals surface area contributed by atoms with Gasteiger partial charge in [-0.05, 0) is 92.7 Å². The quantitative estimate of drug-likeness (QED) is 0.199. The Labute approximate surface area is 218 Å². The lowest BCUT2D eigenvalue weighted by Crippen LogP contribution is -2.20. The molecule has 0 atom stereocenters. The van der Waals surface area contributed by atoms with Crippen LogP contribution in [0.25, 0.3) is 0 Å². The molecule has 0 saturated carbocycles. The van der Waals surface area contributed by atoms with E-state index in [0.29, 0.717) is 25.9 Å². The summed E-state index contributed by atoms with van der Waals surface area (Å²) in [5, 5.41) is 17.6. The van der Waals surface area contributed by atoms with Crippen molar-refractivity contribution in [3.05, 3.63) is 95.9 Å². The molecule has 0 aliphatic carbocycles. The van der Waals surface area contributed by atoms with Gasteiger partial charge in [-0.2, -0.15) is 5.10 Å². The van der Waals surface area contributed by atoms with E-state index in [1.165, 1.54) is 30.5 Å². The van der Waals surface area contributed by atoms with Crippen LogP contribution >= 0.6 is 31.9 Å². The molecular formula is C24H20Br2N4O5. The molecule has 9 nitrogen and oxygen atoms in total. The zero-order valence-electron chi connectivity index (χ0n) is 18.7. The van der Waals surface area contributed by atoms with Gasteiger partial charge in [0, 0.05) is 23.4 Å². The Morgan fingerprint density at radius 3 is 2.43 bits per heavy atom. The summed E-state index contributed by atoms with van der Waals surface area (Å²) in [7, 11) is 0. The van der Waals surface area contributed by atoms with Crippen LogP contribution in [0.1, 0.15) is 27.0 Å². The number of non-ortho nitro benzene ring substituents is 1. The number of hydrogen-bond donors (Lipinski definition) is 2. The van der Waals surface area contributed by atoms with Crippen LogP contribution in [0.3, 0.4) is 0 Å². The Hall–Kier alpha value is -3.57. The van der Waals surface area contributed by atoms with Crippen LogP contribution in [0.2, 0.25) is 0 Å². The lowest BCUT2D eigenvalue weighted by Gasteiger charge is -2.12. The van der Waals surface area contributed by atoms with Crippen molar-refractivity contribution in [2.24, 2.45) is 5.10 Å². The summed E-state index contributed by atoms with van der Waals surface area (Å²) >= 11 is 6.82. The SMILES string of the molecule is Cc1ccc(NC(=O)COc2c(Br)cc(/C=N/NC(=O)c3cccc([N+](=O)[O-])c3)cc2Br)cc1C. The fraction of sp³-hybridized carbons (Fsp3) is 0.125. The molecule has 0 heterocycles. The van der Waals surface area contributed by atoms with Gasteiger partial charge in [-0.1, -0.05) is 12.1 Å². The molecule has 0 radical (unpaired) electrons. The average molecular weight is 604 g/mol. The number of ether oxygens (including phenoxy) is 1. The molecule has 11 heteroatoms. The van der Waals surface area contributed by atoms with E-state index in [-0.39, 0.29) is 23.8 Å². The Balaban J connectivity index is 1.59. The van der Waals surface area contributed by atoms with Gasteiger partial charge in [-0.15, -0.1) is 0 Å². The van der Waals surface area contributed by atoms with Crippen molar-refractivity contribution in [3.8, 4) is 5.75 Å². The number of halogens is 2. The Morgan fingerprint density at radius 2 is 1.77 bits per heavy atom. The van der Waals surface area contributed by atoms with Crippen LogP contribution in [0.4, 0.5) is 11.4 Å². The topological polar surface area (TPSA) is 123 Å². The van der Waals surface area contributed by atoms with Gasteiger partial charge in [-0.3, -0.25) is 19.7 Å². The molecule has 2 amide bonds. The molecule has 0 spiro atoms. The molecule has 0 saturated heterocycles. The highest BCUT2D eigenvalue weighted by Gasteiger charge is 2.13. The summed E-state index contributed by atoms with van der Waals surface area (Å²) in [6, 6.07) is 14.4. The van der Waals surface area contributed by atoms with Crippen molar-refractivity contribution >= 4 is 61.3 Å². The zero-order valence-corrected chi connectivity index (χ0v) is 21.8. The highest BCUT2D eigenvalue weighted by Crippen LogP contribution is 2.34. The molecule has 0 aromatic heterocycles. The predicted octanol–water partition coefficient (Wildman–Crippen LogP) is 5.52. The number of aryl methyl sites for hydroxylation is 2. The number of hydrazone groups is 1. The standard InChI is InChI=1S/C24H20Br2N4O5/c1-14-6-7-18(8-15(14)2)28-22(31)13-35-23-20(25)9-16(10-21(23)26)12-27-29-24(32)17-4-3-5-19(11-17)30(33)34/h3-12H,13H2,1-2H3,(H,28,31)(H,29,32)/b27-12+. The summed E-state index contributed by atoms with van der Waals surface area (Å²) in [5.41, 5.74) is 5.78. The number of amides is 2. The molecule has 180 valence electrons. The number of hydrogen-bond acceptors (Lipinski definition) is 6. The number of rotatable bonds is 8. The van der Waals surface area contributed by atoms with Gasteiger partial charge in [0.25, 0.3) is 17.5 Å². The Morgan fingerprint density at radius 1 is 1.06 bits per heavy atom. The second-order valence-corrected chi connectivity index (χ2v) is 9.16. The van der Waals surface area contributed by atoms with E-state index in [1.54, 1.807) is 12.1 Å². The largest absolute Gasteiger partial charge is 0.481 e. The molecule has 2 N–H and O–H groups in total. The number of benzene rings is 3. The second kappa shape index (κ2) is 11.7. The van der Waals surface area contributed by atoms with Crippen LogP contribution in [0, 0.1) is 24.0 Å². The third-order valence-electron chi connectivity index (χ3n) is 4.86. The van der Waals surface area contributed by atoms with Crippen LogP contribution in [0.5, 0.6) is 5.75 Å². The fourth-order valence-electron chi connectivity index (χ4n) is 2.94. The van der Waals surface area contributed by atoms with Crippen molar-refractivity contribution in [1.29, 1.82) is 0 Å². The third kappa shape index (κ3) is 7.20. The highest BCUT2D eigenvalue weighted by atomic mass is 79.9. The molecule has 0 aliphatic rings. The molecule has 0 fully saturated rings. The van der Waals surface area contributed by atoms with Gasteiger partial charge < -0.3 is 10.1 Å². The monoisotopic (exact) mass is 602 g/mol. The first-order chi connectivity index (χ1) is 16.6. The zero-order chi connectivity index (χ0) is 25.5. The highest BCUT2D eigenvalue weighted by molar-refractivity contribution is 9.11. The van der Waals surface area contributed by atoms with E-state index >= 15 is 0 Å². The smallest absolute Gasteiger partial charge is 0.271 e. The van der Waals surface area contributed by atoms with Gasteiger partial charge in [-0.25, -0.2) is 5.43 Å². The maximum Gasteiger partial charge on any atom is 0.271 e. The number of anilines is 1. The first kappa shape index (κ1) is 26.0. The molecular weight excluding hydrogens is 584 g/mol. The fourth-order valence-corrected chi connectivity index (χ4v) is 4.39. The van der Waals surface area contributed by atoms with Crippen molar-refractivity contribution in [3.63, 3.8) is 0 Å². The van der Waals surface area contributed by atoms with Crippen molar-refractivity contribution < 1.29 is 19.2 Å². The molecule has 3 rings (SSSR count). The predicted molar refractivity (Wildman–Crippen MR) is 140 cm³/mol. The minimum atomic E-state index is -0.585. The second-order valence-electron chi connectivity index (χ2n) is 7.46. The number of nitrogens with one attached hydrogen (secondary N) is 2. The minimum absolute atomic E-state index is 0.113. The molecule has 0 aliphatic heterocycles. The molecule has 35 heavy (non-hydrogen) atoms. The first-order valence-electron chi connectivity index (χ1n) is 10.2. The summed E-state index contributed by atoms with van der Waals surface area (Å²) in [4.78, 5) is 34.8. The van der Waals surface area contributed by atoms with Gasteiger partial charge >= 0.3 is 0 Å². The normalized spacial score (nSPS) is 10.7. The lowest BCUT2D eigenvalue weighted by molar-refractivity contribution is -0.384. The van der Waals surface area contributed by atoms with E-state index in [0.717, 1.165) is 11.1 Å². The van der Waals surface area contributed by atoms with Gasteiger partial charge in [0.15, 0.2) is 6.61 Å². The number of nitrogens with zero attached hydrogens (tertiary/aromatic N) is 2. The van der Waals surface area contributed by atoms with E-state index in [1.807, 2.05) is 32.0 Å².